The van der Waals surface area contributed by atoms with Gasteiger partial charge in [0, 0.05) is 38.3 Å². The molecule has 0 aliphatic carbocycles. The van der Waals surface area contributed by atoms with Gasteiger partial charge in [-0.1, -0.05) is 37.3 Å². The van der Waals surface area contributed by atoms with Crippen LogP contribution >= 0.6 is 0 Å². The van der Waals surface area contributed by atoms with Crippen molar-refractivity contribution in [3.05, 3.63) is 35.9 Å². The average molecular weight is 287 g/mol. The van der Waals surface area contributed by atoms with Gasteiger partial charge in [0.2, 0.25) is 0 Å². The highest BCUT2D eigenvalue weighted by Gasteiger charge is 2.30. The largest absolute Gasteiger partial charge is 0.307 e. The van der Waals surface area contributed by atoms with E-state index in [4.69, 9.17) is 0 Å². The maximum absolute atomic E-state index is 3.75. The van der Waals surface area contributed by atoms with Crippen LogP contribution in [0.3, 0.4) is 0 Å². The number of rotatable bonds is 4. The molecule has 1 N–H and O–H groups in total. The fourth-order valence-corrected chi connectivity index (χ4v) is 3.90. The molecule has 0 spiro atoms. The molecule has 3 atom stereocenters. The molecule has 0 amide bonds. The third-order valence-corrected chi connectivity index (χ3v) is 5.19. The molecule has 2 aliphatic rings. The first-order valence-corrected chi connectivity index (χ1v) is 8.47. The highest BCUT2D eigenvalue weighted by atomic mass is 15.2. The Morgan fingerprint density at radius 3 is 2.67 bits per heavy atom. The molecule has 116 valence electrons. The van der Waals surface area contributed by atoms with Crippen LogP contribution in [0.25, 0.3) is 0 Å². The van der Waals surface area contributed by atoms with Crippen LogP contribution in [-0.4, -0.2) is 55.6 Å². The van der Waals surface area contributed by atoms with Crippen LogP contribution in [0, 0.1) is 5.92 Å². The third kappa shape index (κ3) is 3.65. The van der Waals surface area contributed by atoms with Gasteiger partial charge < -0.3 is 10.2 Å². The van der Waals surface area contributed by atoms with Crippen LogP contribution in [-0.2, 0) is 0 Å². The summed E-state index contributed by atoms with van der Waals surface area (Å²) in [6, 6.07) is 12.1. The number of nitrogens with one attached hydrogen (secondary N) is 1. The second-order valence-corrected chi connectivity index (χ2v) is 6.80. The van der Waals surface area contributed by atoms with Crippen molar-refractivity contribution in [2.45, 2.75) is 31.8 Å². The van der Waals surface area contributed by atoms with Crippen LogP contribution in [0.4, 0.5) is 0 Å². The first-order valence-electron chi connectivity index (χ1n) is 8.47. The van der Waals surface area contributed by atoms with Gasteiger partial charge in [0.1, 0.15) is 0 Å². The maximum Gasteiger partial charge on any atom is 0.0449 e. The summed E-state index contributed by atoms with van der Waals surface area (Å²) in [6.07, 6.45) is 2.62. The lowest BCUT2D eigenvalue weighted by atomic mass is 9.98. The minimum Gasteiger partial charge on any atom is -0.307 e. The zero-order chi connectivity index (χ0) is 14.7. The third-order valence-electron chi connectivity index (χ3n) is 5.19. The maximum atomic E-state index is 3.75. The summed E-state index contributed by atoms with van der Waals surface area (Å²) < 4.78 is 0. The summed E-state index contributed by atoms with van der Waals surface area (Å²) in [6.45, 7) is 8.42. The van der Waals surface area contributed by atoms with E-state index >= 15 is 0 Å². The van der Waals surface area contributed by atoms with Gasteiger partial charge in [-0.3, -0.25) is 4.90 Å². The Morgan fingerprint density at radius 2 is 2.00 bits per heavy atom. The highest BCUT2D eigenvalue weighted by molar-refractivity contribution is 5.20. The van der Waals surface area contributed by atoms with Crippen molar-refractivity contribution in [3.63, 3.8) is 0 Å². The van der Waals surface area contributed by atoms with Crippen LogP contribution in [0.2, 0.25) is 0 Å². The van der Waals surface area contributed by atoms with E-state index in [1.54, 1.807) is 0 Å². The second-order valence-electron chi connectivity index (χ2n) is 6.80. The van der Waals surface area contributed by atoms with Gasteiger partial charge in [-0.2, -0.15) is 0 Å². The Hall–Kier alpha value is -0.900. The van der Waals surface area contributed by atoms with Crippen molar-refractivity contribution in [2.24, 2.45) is 5.92 Å². The van der Waals surface area contributed by atoms with Crippen molar-refractivity contribution >= 4 is 0 Å². The molecule has 21 heavy (non-hydrogen) atoms. The zero-order valence-corrected chi connectivity index (χ0v) is 13.5. The number of piperazine rings is 1. The lowest BCUT2D eigenvalue weighted by Crippen LogP contribution is -2.53. The molecule has 2 saturated heterocycles. The van der Waals surface area contributed by atoms with E-state index in [0.717, 1.165) is 19.0 Å². The number of hydrogen-bond acceptors (Lipinski definition) is 3. The fourth-order valence-electron chi connectivity index (χ4n) is 3.90. The number of hydrogen-bond donors (Lipinski definition) is 1. The fraction of sp³-hybridized carbons (Fsp3) is 0.667. The quantitative estimate of drug-likeness (QED) is 0.917. The number of likely N-dealkylation sites (tertiary alicyclic amines) is 1. The first-order chi connectivity index (χ1) is 10.3. The molecule has 2 fully saturated rings. The molecule has 0 bridgehead atoms. The summed E-state index contributed by atoms with van der Waals surface area (Å²) in [5.74, 6) is 0.860. The van der Waals surface area contributed by atoms with Gasteiger partial charge in [-0.25, -0.2) is 0 Å². The van der Waals surface area contributed by atoms with E-state index in [1.165, 1.54) is 38.0 Å². The monoisotopic (exact) mass is 287 g/mol. The summed E-state index contributed by atoms with van der Waals surface area (Å²) in [4.78, 5) is 5.22. The van der Waals surface area contributed by atoms with Gasteiger partial charge in [-0.05, 0) is 37.9 Å². The molecule has 2 aliphatic heterocycles. The SMILES string of the molecule is CCC1CNC(c2ccccc2)CN1CC1CCN(C)C1. The highest BCUT2D eigenvalue weighted by Crippen LogP contribution is 2.24. The van der Waals surface area contributed by atoms with Crippen molar-refractivity contribution in [1.82, 2.24) is 15.1 Å². The van der Waals surface area contributed by atoms with Gasteiger partial charge in [-0.15, -0.1) is 0 Å². The van der Waals surface area contributed by atoms with Crippen LogP contribution in [0.15, 0.2) is 30.3 Å². The molecule has 3 unspecified atom stereocenters. The van der Waals surface area contributed by atoms with Gasteiger partial charge in [0.15, 0.2) is 0 Å². The molecule has 0 saturated carbocycles. The molecular formula is C18H29N3. The smallest absolute Gasteiger partial charge is 0.0449 e. The predicted octanol–water partition coefficient (Wildman–Crippen LogP) is 2.36. The van der Waals surface area contributed by atoms with Gasteiger partial charge in [0.05, 0.1) is 0 Å². The van der Waals surface area contributed by atoms with E-state index in [9.17, 15) is 0 Å². The normalized spacial score (nSPS) is 31.6. The van der Waals surface area contributed by atoms with Crippen LogP contribution in [0.5, 0.6) is 0 Å². The van der Waals surface area contributed by atoms with E-state index in [2.05, 4.69) is 59.4 Å². The van der Waals surface area contributed by atoms with E-state index < -0.39 is 0 Å². The van der Waals surface area contributed by atoms with Crippen molar-refractivity contribution in [2.75, 3.05) is 39.8 Å². The van der Waals surface area contributed by atoms with Crippen molar-refractivity contribution in [1.29, 1.82) is 0 Å². The lowest BCUT2D eigenvalue weighted by molar-refractivity contribution is 0.108. The standard InChI is InChI=1S/C18H29N3/c1-3-17-11-19-18(16-7-5-4-6-8-16)14-21(17)13-15-9-10-20(2)12-15/h4-8,15,17-19H,3,9-14H2,1-2H3. The molecule has 3 nitrogen and oxygen atoms in total. The Bertz CT molecular complexity index is 433. The molecule has 3 heteroatoms. The van der Waals surface area contributed by atoms with E-state index in [0.29, 0.717) is 12.1 Å². The molecule has 1 aromatic carbocycles. The molecule has 3 rings (SSSR count). The topological polar surface area (TPSA) is 18.5 Å². The summed E-state index contributed by atoms with van der Waals surface area (Å²) >= 11 is 0. The Kier molecular flexibility index (Phi) is 4.94. The van der Waals surface area contributed by atoms with Crippen LogP contribution < -0.4 is 5.32 Å². The number of nitrogens with zero attached hydrogens (tertiary/aromatic N) is 2. The molecule has 1 aromatic rings. The van der Waals surface area contributed by atoms with E-state index in [-0.39, 0.29) is 0 Å². The zero-order valence-electron chi connectivity index (χ0n) is 13.5. The number of benzene rings is 1. The minimum atomic E-state index is 0.494. The molecule has 2 heterocycles. The Morgan fingerprint density at radius 1 is 1.19 bits per heavy atom. The average Bonchev–Trinajstić information content (AvgIpc) is 2.93. The van der Waals surface area contributed by atoms with E-state index in [1.807, 2.05) is 0 Å². The lowest BCUT2D eigenvalue weighted by Gasteiger charge is -2.41. The van der Waals surface area contributed by atoms with Gasteiger partial charge in [0.25, 0.3) is 0 Å². The van der Waals surface area contributed by atoms with Gasteiger partial charge >= 0.3 is 0 Å². The Balaban J connectivity index is 1.64. The minimum absolute atomic E-state index is 0.494. The summed E-state index contributed by atoms with van der Waals surface area (Å²) in [5, 5.41) is 3.75. The molecule has 0 radical (unpaired) electrons. The first kappa shape index (κ1) is 15.0. The summed E-state index contributed by atoms with van der Waals surface area (Å²) in [7, 11) is 2.25. The molecule has 0 aromatic heterocycles. The summed E-state index contributed by atoms with van der Waals surface area (Å²) in [5.41, 5.74) is 1.43. The van der Waals surface area contributed by atoms with Crippen LogP contribution in [0.1, 0.15) is 31.4 Å². The van der Waals surface area contributed by atoms with Crippen molar-refractivity contribution in [3.8, 4) is 0 Å². The van der Waals surface area contributed by atoms with Crippen molar-refractivity contribution < 1.29 is 0 Å². The molecular weight excluding hydrogens is 258 g/mol. The second kappa shape index (κ2) is 6.91. The predicted molar refractivity (Wildman–Crippen MR) is 88.4 cm³/mol. The Labute approximate surface area is 129 Å².